The Morgan fingerprint density at radius 2 is 2.00 bits per heavy atom. The van der Waals surface area contributed by atoms with Gasteiger partial charge in [0.15, 0.2) is 11.6 Å². The van der Waals surface area contributed by atoms with Gasteiger partial charge in [-0.3, -0.25) is 4.79 Å². The maximum absolute atomic E-state index is 13.6. The lowest BCUT2D eigenvalue weighted by atomic mass is 9.83. The van der Waals surface area contributed by atoms with E-state index in [-0.39, 0.29) is 25.5 Å². The molecule has 0 N–H and O–H groups in total. The molecular weight excluding hydrogens is 404 g/mol. The number of ether oxygens (including phenoxy) is 2. The molecule has 0 fully saturated rings. The number of allylic oxidation sites excluding steroid dienone is 1. The van der Waals surface area contributed by atoms with Gasteiger partial charge in [-0.05, 0) is 42.3 Å². The summed E-state index contributed by atoms with van der Waals surface area (Å²) in [7, 11) is 1.54. The zero-order chi connectivity index (χ0) is 22.5. The van der Waals surface area contributed by atoms with Gasteiger partial charge in [-0.25, -0.2) is 13.6 Å². The number of hydrogen-bond acceptors (Lipinski definition) is 4. The number of benzene rings is 2. The molecule has 0 saturated carbocycles. The fourth-order valence-corrected chi connectivity index (χ4v) is 3.64. The zero-order valence-electron chi connectivity index (χ0n) is 17.4. The average Bonchev–Trinajstić information content (AvgIpc) is 2.77. The Balaban J connectivity index is 2.03. The van der Waals surface area contributed by atoms with Crippen molar-refractivity contribution in [3.8, 4) is 5.75 Å². The number of carbonyl (C=O) groups excluding carboxylic acids is 2. The van der Waals surface area contributed by atoms with E-state index in [0.717, 1.165) is 17.7 Å². The Labute approximate surface area is 179 Å². The lowest BCUT2D eigenvalue weighted by Gasteiger charge is -2.34. The minimum Gasteiger partial charge on any atom is -0.497 e. The number of amides is 1. The lowest BCUT2D eigenvalue weighted by Crippen LogP contribution is -2.38. The minimum absolute atomic E-state index is 0.00490. The smallest absolute Gasteiger partial charge is 0.336 e. The Morgan fingerprint density at radius 1 is 1.23 bits per heavy atom. The number of methoxy groups -OCH3 is 1. The average molecular weight is 427 g/mol. The molecule has 1 amide bonds. The van der Waals surface area contributed by atoms with Gasteiger partial charge in [0, 0.05) is 18.0 Å². The van der Waals surface area contributed by atoms with E-state index in [1.807, 2.05) is 6.07 Å². The summed E-state index contributed by atoms with van der Waals surface area (Å²) >= 11 is 0. The van der Waals surface area contributed by atoms with Crippen molar-refractivity contribution in [2.24, 2.45) is 0 Å². The molecule has 31 heavy (non-hydrogen) atoms. The summed E-state index contributed by atoms with van der Waals surface area (Å²) in [6.07, 6.45) is 1.48. The van der Waals surface area contributed by atoms with Gasteiger partial charge in [0.2, 0.25) is 5.91 Å². The number of hydrogen-bond donors (Lipinski definition) is 0. The Bertz CT molecular complexity index is 1050. The van der Waals surface area contributed by atoms with Gasteiger partial charge >= 0.3 is 5.97 Å². The summed E-state index contributed by atoms with van der Waals surface area (Å²) in [6, 6.07) is 10.6. The number of carbonyl (C=O) groups is 2. The van der Waals surface area contributed by atoms with Crippen LogP contribution in [0.3, 0.4) is 0 Å². The van der Waals surface area contributed by atoms with E-state index in [0.29, 0.717) is 22.6 Å². The highest BCUT2D eigenvalue weighted by atomic mass is 19.2. The molecule has 1 aliphatic rings. The summed E-state index contributed by atoms with van der Waals surface area (Å²) in [6.45, 7) is 5.23. The van der Waals surface area contributed by atoms with E-state index >= 15 is 0 Å². The van der Waals surface area contributed by atoms with Crippen LogP contribution in [-0.4, -0.2) is 30.5 Å². The van der Waals surface area contributed by atoms with Crippen molar-refractivity contribution in [1.82, 2.24) is 4.90 Å². The molecule has 1 heterocycles. The third-order valence-corrected chi connectivity index (χ3v) is 5.20. The van der Waals surface area contributed by atoms with Gasteiger partial charge in [0.25, 0.3) is 0 Å². The van der Waals surface area contributed by atoms with Crippen molar-refractivity contribution in [2.75, 3.05) is 13.7 Å². The van der Waals surface area contributed by atoms with Gasteiger partial charge in [0.1, 0.15) is 12.4 Å². The first-order valence-electron chi connectivity index (χ1n) is 9.72. The SMILES string of the molecule is C=CCOC(=O)C1=C(C)N(Cc2ccc(F)c(F)c2)C(=O)CC1c1cccc(OC)c1. The number of rotatable bonds is 7. The van der Waals surface area contributed by atoms with Crippen molar-refractivity contribution in [2.45, 2.75) is 25.8 Å². The summed E-state index contributed by atoms with van der Waals surface area (Å²) in [5, 5.41) is 0. The predicted octanol–water partition coefficient (Wildman–Crippen LogP) is 4.49. The predicted molar refractivity (Wildman–Crippen MR) is 111 cm³/mol. The topological polar surface area (TPSA) is 55.8 Å². The van der Waals surface area contributed by atoms with E-state index in [1.165, 1.54) is 24.2 Å². The summed E-state index contributed by atoms with van der Waals surface area (Å²) in [5.41, 5.74) is 1.88. The van der Waals surface area contributed by atoms with Crippen LogP contribution in [0.25, 0.3) is 0 Å². The second kappa shape index (κ2) is 9.55. The molecule has 0 aromatic heterocycles. The molecule has 2 aromatic carbocycles. The number of esters is 1. The fourth-order valence-electron chi connectivity index (χ4n) is 3.64. The third kappa shape index (κ3) is 4.82. The van der Waals surface area contributed by atoms with E-state index in [9.17, 15) is 18.4 Å². The molecule has 162 valence electrons. The summed E-state index contributed by atoms with van der Waals surface area (Å²) in [5.74, 6) is -2.69. The molecule has 5 nitrogen and oxygen atoms in total. The third-order valence-electron chi connectivity index (χ3n) is 5.20. The zero-order valence-corrected chi connectivity index (χ0v) is 17.4. The molecule has 0 aliphatic carbocycles. The van der Waals surface area contributed by atoms with Gasteiger partial charge in [-0.1, -0.05) is 30.9 Å². The quantitative estimate of drug-likeness (QED) is 0.483. The van der Waals surface area contributed by atoms with Crippen LogP contribution in [0.15, 0.2) is 66.4 Å². The van der Waals surface area contributed by atoms with Crippen molar-refractivity contribution in [3.05, 3.63) is 89.2 Å². The van der Waals surface area contributed by atoms with Crippen LogP contribution >= 0.6 is 0 Å². The summed E-state index contributed by atoms with van der Waals surface area (Å²) in [4.78, 5) is 27.3. The first-order chi connectivity index (χ1) is 14.8. The Morgan fingerprint density at radius 3 is 2.68 bits per heavy atom. The van der Waals surface area contributed by atoms with Crippen LogP contribution in [0.4, 0.5) is 8.78 Å². The normalized spacial score (nSPS) is 16.3. The molecule has 0 saturated heterocycles. The van der Waals surface area contributed by atoms with Crippen LogP contribution < -0.4 is 4.74 Å². The van der Waals surface area contributed by atoms with E-state index in [1.54, 1.807) is 25.1 Å². The van der Waals surface area contributed by atoms with Gasteiger partial charge < -0.3 is 14.4 Å². The van der Waals surface area contributed by atoms with Crippen LogP contribution in [0, 0.1) is 11.6 Å². The van der Waals surface area contributed by atoms with Gasteiger partial charge in [-0.15, -0.1) is 0 Å². The van der Waals surface area contributed by atoms with E-state index in [2.05, 4.69) is 6.58 Å². The van der Waals surface area contributed by atoms with Gasteiger partial charge in [-0.2, -0.15) is 0 Å². The standard InChI is InChI=1S/C24H23F2NO4/c1-4-10-31-24(29)23-15(2)27(14-16-8-9-20(25)21(26)11-16)22(28)13-19(23)17-6-5-7-18(12-17)30-3/h4-9,11-12,19H,1,10,13-14H2,2-3H3. The highest BCUT2D eigenvalue weighted by molar-refractivity contribution is 5.96. The summed E-state index contributed by atoms with van der Waals surface area (Å²) < 4.78 is 37.5. The number of nitrogens with zero attached hydrogens (tertiary/aromatic N) is 1. The van der Waals surface area contributed by atoms with Gasteiger partial charge in [0.05, 0.1) is 19.2 Å². The molecule has 0 spiro atoms. The largest absolute Gasteiger partial charge is 0.497 e. The highest BCUT2D eigenvalue weighted by Gasteiger charge is 2.37. The highest BCUT2D eigenvalue weighted by Crippen LogP contribution is 2.38. The maximum Gasteiger partial charge on any atom is 0.336 e. The second-order valence-electron chi connectivity index (χ2n) is 7.15. The molecule has 3 rings (SSSR count). The van der Waals surface area contributed by atoms with E-state index < -0.39 is 23.5 Å². The molecule has 2 aromatic rings. The Hall–Kier alpha value is -3.48. The van der Waals surface area contributed by atoms with E-state index in [4.69, 9.17) is 9.47 Å². The van der Waals surface area contributed by atoms with Crippen LogP contribution in [0.2, 0.25) is 0 Å². The second-order valence-corrected chi connectivity index (χ2v) is 7.15. The molecule has 0 radical (unpaired) electrons. The van der Waals surface area contributed by atoms with Crippen LogP contribution in [-0.2, 0) is 20.9 Å². The van der Waals surface area contributed by atoms with Crippen molar-refractivity contribution >= 4 is 11.9 Å². The minimum atomic E-state index is -0.997. The van der Waals surface area contributed by atoms with Crippen LogP contribution in [0.5, 0.6) is 5.75 Å². The number of halogens is 2. The molecule has 1 aliphatic heterocycles. The maximum atomic E-state index is 13.6. The molecule has 7 heteroatoms. The first kappa shape index (κ1) is 22.2. The lowest BCUT2D eigenvalue weighted by molar-refractivity contribution is -0.139. The molecule has 1 unspecified atom stereocenters. The fraction of sp³-hybridized carbons (Fsp3) is 0.250. The molecular formula is C24H23F2NO4. The van der Waals surface area contributed by atoms with Crippen LogP contribution in [0.1, 0.15) is 30.4 Å². The molecule has 1 atom stereocenters. The first-order valence-corrected chi connectivity index (χ1v) is 9.72. The van der Waals surface area contributed by atoms with Crippen molar-refractivity contribution in [1.29, 1.82) is 0 Å². The Kier molecular flexibility index (Phi) is 6.84. The molecule has 0 bridgehead atoms. The van der Waals surface area contributed by atoms with Crippen molar-refractivity contribution < 1.29 is 27.8 Å². The monoisotopic (exact) mass is 427 g/mol. The van der Waals surface area contributed by atoms with Crippen molar-refractivity contribution in [3.63, 3.8) is 0 Å².